The van der Waals surface area contributed by atoms with Gasteiger partial charge in [-0.05, 0) is 35.8 Å². The predicted molar refractivity (Wildman–Crippen MR) is 115 cm³/mol. The molecule has 1 fully saturated rings. The Balaban J connectivity index is 1.52. The van der Waals surface area contributed by atoms with E-state index >= 15 is 0 Å². The van der Waals surface area contributed by atoms with Gasteiger partial charge in [0.05, 0.1) is 0 Å². The topological polar surface area (TPSA) is 61.4 Å². The van der Waals surface area contributed by atoms with Crippen LogP contribution < -0.4 is 10.6 Å². The van der Waals surface area contributed by atoms with Crippen LogP contribution in [0.4, 0.5) is 4.79 Å². The molecule has 0 spiro atoms. The third-order valence-electron chi connectivity index (χ3n) is 5.59. The molecule has 2 N–H and O–H groups in total. The highest BCUT2D eigenvalue weighted by molar-refractivity contribution is 5.87. The van der Waals surface area contributed by atoms with Crippen molar-refractivity contribution in [3.63, 3.8) is 0 Å². The van der Waals surface area contributed by atoms with E-state index in [0.29, 0.717) is 12.5 Å². The Morgan fingerprint density at radius 2 is 1.55 bits per heavy atom. The number of rotatable bonds is 6. The Hall–Kier alpha value is -2.82. The van der Waals surface area contributed by atoms with Crippen molar-refractivity contribution in [2.75, 3.05) is 13.1 Å². The number of urea groups is 1. The summed E-state index contributed by atoms with van der Waals surface area (Å²) in [4.78, 5) is 27.3. The van der Waals surface area contributed by atoms with Crippen molar-refractivity contribution in [3.8, 4) is 0 Å². The van der Waals surface area contributed by atoms with Crippen LogP contribution in [0.5, 0.6) is 0 Å². The number of carbonyl (C=O) groups excluding carboxylic acids is 2. The molecule has 3 amide bonds. The number of nitrogens with one attached hydrogen (secondary N) is 2. The molecular formula is C24H31N3O2. The standard InChI is InChI=1S/C24H31N3O2/c1-18(2)22(26-24(29)25-17-19-9-5-3-6-10-19)23(28)27-15-13-21(14-16-27)20-11-7-4-8-12-20/h3-12,18,21-22H,13-17H2,1-2H3,(H2,25,26,29). The van der Waals surface area contributed by atoms with Crippen molar-refractivity contribution in [1.29, 1.82) is 0 Å². The fourth-order valence-corrected chi connectivity index (χ4v) is 3.84. The molecule has 2 aromatic rings. The number of piperidine rings is 1. The second-order valence-corrected chi connectivity index (χ2v) is 8.04. The maximum atomic E-state index is 13.1. The van der Waals surface area contributed by atoms with Gasteiger partial charge in [0.1, 0.15) is 6.04 Å². The van der Waals surface area contributed by atoms with Crippen LogP contribution in [0.15, 0.2) is 60.7 Å². The zero-order valence-electron chi connectivity index (χ0n) is 17.3. The van der Waals surface area contributed by atoms with Crippen LogP contribution in [-0.2, 0) is 11.3 Å². The van der Waals surface area contributed by atoms with E-state index in [4.69, 9.17) is 0 Å². The molecule has 1 unspecified atom stereocenters. The molecule has 1 saturated heterocycles. The van der Waals surface area contributed by atoms with Gasteiger partial charge in [0.25, 0.3) is 0 Å². The maximum absolute atomic E-state index is 13.1. The fourth-order valence-electron chi connectivity index (χ4n) is 3.84. The second-order valence-electron chi connectivity index (χ2n) is 8.04. The molecule has 5 heteroatoms. The lowest BCUT2D eigenvalue weighted by Gasteiger charge is -2.35. The van der Waals surface area contributed by atoms with E-state index in [2.05, 4.69) is 34.9 Å². The van der Waals surface area contributed by atoms with Crippen molar-refractivity contribution >= 4 is 11.9 Å². The molecule has 1 atom stereocenters. The molecular weight excluding hydrogens is 362 g/mol. The lowest BCUT2D eigenvalue weighted by Crippen LogP contribution is -2.54. The van der Waals surface area contributed by atoms with Crippen molar-refractivity contribution in [2.24, 2.45) is 5.92 Å². The van der Waals surface area contributed by atoms with Gasteiger partial charge in [-0.2, -0.15) is 0 Å². The molecule has 0 aliphatic carbocycles. The molecule has 1 aliphatic heterocycles. The zero-order valence-corrected chi connectivity index (χ0v) is 17.3. The summed E-state index contributed by atoms with van der Waals surface area (Å²) < 4.78 is 0. The van der Waals surface area contributed by atoms with Crippen LogP contribution in [0.1, 0.15) is 43.7 Å². The highest BCUT2D eigenvalue weighted by Crippen LogP contribution is 2.28. The maximum Gasteiger partial charge on any atom is 0.315 e. The molecule has 0 radical (unpaired) electrons. The van der Waals surface area contributed by atoms with Crippen LogP contribution in [0.3, 0.4) is 0 Å². The van der Waals surface area contributed by atoms with E-state index < -0.39 is 6.04 Å². The zero-order chi connectivity index (χ0) is 20.6. The first-order chi connectivity index (χ1) is 14.0. The summed E-state index contributed by atoms with van der Waals surface area (Å²) in [5.74, 6) is 0.540. The first-order valence-corrected chi connectivity index (χ1v) is 10.5. The van der Waals surface area contributed by atoms with Crippen LogP contribution in [0.25, 0.3) is 0 Å². The largest absolute Gasteiger partial charge is 0.341 e. The number of amides is 3. The molecule has 5 nitrogen and oxygen atoms in total. The minimum absolute atomic E-state index is 0.0152. The van der Waals surface area contributed by atoms with Gasteiger partial charge >= 0.3 is 6.03 Å². The molecule has 2 aromatic carbocycles. The van der Waals surface area contributed by atoms with Crippen molar-refractivity contribution < 1.29 is 9.59 Å². The number of hydrogen-bond acceptors (Lipinski definition) is 2. The van der Waals surface area contributed by atoms with Crippen LogP contribution in [0, 0.1) is 5.92 Å². The summed E-state index contributed by atoms with van der Waals surface area (Å²) in [6.07, 6.45) is 1.92. The summed E-state index contributed by atoms with van der Waals surface area (Å²) in [5.41, 5.74) is 2.37. The van der Waals surface area contributed by atoms with E-state index in [1.165, 1.54) is 5.56 Å². The normalized spacial score (nSPS) is 15.8. The van der Waals surface area contributed by atoms with Crippen LogP contribution >= 0.6 is 0 Å². The summed E-state index contributed by atoms with van der Waals surface area (Å²) in [7, 11) is 0. The van der Waals surface area contributed by atoms with E-state index in [0.717, 1.165) is 31.5 Å². The Bertz CT molecular complexity index is 784. The van der Waals surface area contributed by atoms with Crippen molar-refractivity contribution in [3.05, 3.63) is 71.8 Å². The highest BCUT2D eigenvalue weighted by atomic mass is 16.2. The van der Waals surface area contributed by atoms with E-state index in [-0.39, 0.29) is 17.9 Å². The average Bonchev–Trinajstić information content (AvgIpc) is 2.77. The second kappa shape index (κ2) is 10.1. The summed E-state index contributed by atoms with van der Waals surface area (Å²) in [5, 5.41) is 5.74. The van der Waals surface area contributed by atoms with Gasteiger partial charge < -0.3 is 15.5 Å². The first-order valence-electron chi connectivity index (χ1n) is 10.5. The first kappa shape index (κ1) is 20.9. The molecule has 3 rings (SSSR count). The molecule has 154 valence electrons. The molecule has 1 aliphatic rings. The van der Waals surface area contributed by atoms with Crippen LogP contribution in [0.2, 0.25) is 0 Å². The SMILES string of the molecule is CC(C)C(NC(=O)NCc1ccccc1)C(=O)N1CCC(c2ccccc2)CC1. The minimum Gasteiger partial charge on any atom is -0.341 e. The summed E-state index contributed by atoms with van der Waals surface area (Å²) >= 11 is 0. The smallest absolute Gasteiger partial charge is 0.315 e. The van der Waals surface area contributed by atoms with Gasteiger partial charge in [-0.1, -0.05) is 74.5 Å². The van der Waals surface area contributed by atoms with Gasteiger partial charge in [0.15, 0.2) is 0 Å². The third kappa shape index (κ3) is 5.83. The third-order valence-corrected chi connectivity index (χ3v) is 5.59. The van der Waals surface area contributed by atoms with Gasteiger partial charge in [0, 0.05) is 19.6 Å². The predicted octanol–water partition coefficient (Wildman–Crippen LogP) is 3.92. The Morgan fingerprint density at radius 1 is 0.966 bits per heavy atom. The molecule has 0 aromatic heterocycles. The van der Waals surface area contributed by atoms with E-state index in [9.17, 15) is 9.59 Å². The van der Waals surface area contributed by atoms with Gasteiger partial charge in [-0.3, -0.25) is 4.79 Å². The average molecular weight is 394 g/mol. The fraction of sp³-hybridized carbons (Fsp3) is 0.417. The Morgan fingerprint density at radius 3 is 2.14 bits per heavy atom. The number of carbonyl (C=O) groups is 2. The lowest BCUT2D eigenvalue weighted by molar-refractivity contribution is -0.135. The van der Waals surface area contributed by atoms with E-state index in [1.54, 1.807) is 0 Å². The van der Waals surface area contributed by atoms with Gasteiger partial charge in [-0.15, -0.1) is 0 Å². The minimum atomic E-state index is -0.515. The summed E-state index contributed by atoms with van der Waals surface area (Å²) in [6, 6.07) is 19.4. The lowest BCUT2D eigenvalue weighted by atomic mass is 9.89. The number of nitrogens with zero attached hydrogens (tertiary/aromatic N) is 1. The monoisotopic (exact) mass is 393 g/mol. The quantitative estimate of drug-likeness (QED) is 0.781. The van der Waals surface area contributed by atoms with Gasteiger partial charge in [-0.25, -0.2) is 4.79 Å². The van der Waals surface area contributed by atoms with Crippen molar-refractivity contribution in [2.45, 2.75) is 45.2 Å². The van der Waals surface area contributed by atoms with E-state index in [1.807, 2.05) is 55.1 Å². The molecule has 29 heavy (non-hydrogen) atoms. The van der Waals surface area contributed by atoms with Gasteiger partial charge in [0.2, 0.25) is 5.91 Å². The van der Waals surface area contributed by atoms with Crippen LogP contribution in [-0.4, -0.2) is 36.0 Å². The Labute approximate surface area is 173 Å². The molecule has 1 heterocycles. The molecule has 0 bridgehead atoms. The van der Waals surface area contributed by atoms with Crippen molar-refractivity contribution in [1.82, 2.24) is 15.5 Å². The number of hydrogen-bond donors (Lipinski definition) is 2. The number of benzene rings is 2. The summed E-state index contributed by atoms with van der Waals surface area (Å²) in [6.45, 7) is 5.84. The highest BCUT2D eigenvalue weighted by Gasteiger charge is 2.31. The molecule has 0 saturated carbocycles. The number of likely N-dealkylation sites (tertiary alicyclic amines) is 1. The Kier molecular flexibility index (Phi) is 7.28.